The zero-order chi connectivity index (χ0) is 23.1. The molecule has 1 N–H and O–H groups in total. The lowest BCUT2D eigenvalue weighted by Crippen LogP contribution is -2.38. The summed E-state index contributed by atoms with van der Waals surface area (Å²) in [6.45, 7) is 1.47. The largest absolute Gasteiger partial charge is 0.339 e. The fourth-order valence-electron chi connectivity index (χ4n) is 5.36. The highest BCUT2D eigenvalue weighted by atomic mass is 79.9. The van der Waals surface area contributed by atoms with Crippen LogP contribution in [0.25, 0.3) is 5.65 Å². The van der Waals surface area contributed by atoms with Gasteiger partial charge in [-0.25, -0.2) is 4.98 Å². The second kappa shape index (κ2) is 8.87. The number of likely N-dealkylation sites (tertiary alicyclic amines) is 1. The summed E-state index contributed by atoms with van der Waals surface area (Å²) in [4.78, 5) is 20.3. The molecule has 172 valence electrons. The van der Waals surface area contributed by atoms with Crippen LogP contribution in [0.1, 0.15) is 52.2 Å². The third kappa shape index (κ3) is 3.78. The lowest BCUT2D eigenvalue weighted by molar-refractivity contribution is 0.0713. The van der Waals surface area contributed by atoms with E-state index in [4.69, 9.17) is 0 Å². The summed E-state index contributed by atoms with van der Waals surface area (Å²) in [5.41, 5.74) is 6.37. The smallest absolute Gasteiger partial charge is 0.259 e. The molecular formula is C27H26BrN5O. The van der Waals surface area contributed by atoms with E-state index in [9.17, 15) is 4.79 Å². The minimum atomic E-state index is 0.00242. The number of halogens is 1. The van der Waals surface area contributed by atoms with Gasteiger partial charge in [0.15, 0.2) is 5.65 Å². The van der Waals surface area contributed by atoms with E-state index in [0.29, 0.717) is 22.9 Å². The van der Waals surface area contributed by atoms with Crippen LogP contribution in [-0.2, 0) is 12.8 Å². The van der Waals surface area contributed by atoms with Crippen LogP contribution in [0, 0.1) is 0 Å². The molecule has 1 aliphatic heterocycles. The fourth-order valence-corrected chi connectivity index (χ4v) is 5.72. The first-order chi connectivity index (χ1) is 16.7. The zero-order valence-corrected chi connectivity index (χ0v) is 20.5. The summed E-state index contributed by atoms with van der Waals surface area (Å²) in [5.74, 6) is 1.17. The van der Waals surface area contributed by atoms with Gasteiger partial charge in [-0.15, -0.1) is 0 Å². The summed E-state index contributed by atoms with van der Waals surface area (Å²) in [6, 6.07) is 17.0. The minimum Gasteiger partial charge on any atom is -0.339 e. The van der Waals surface area contributed by atoms with Crippen molar-refractivity contribution in [3.8, 4) is 0 Å². The number of fused-ring (bicyclic) bond motifs is 2. The predicted molar refractivity (Wildman–Crippen MR) is 137 cm³/mol. The number of carbonyl (C=O) groups excluding carboxylic acids is 1. The van der Waals surface area contributed by atoms with Gasteiger partial charge in [-0.05, 0) is 76.7 Å². The van der Waals surface area contributed by atoms with Crippen molar-refractivity contribution in [3.63, 3.8) is 0 Å². The maximum absolute atomic E-state index is 13.7. The number of nitrogens with zero attached hydrogens (tertiary/aromatic N) is 4. The van der Waals surface area contributed by atoms with Gasteiger partial charge in [0.05, 0.1) is 10.7 Å². The number of hydrogen-bond donors (Lipinski definition) is 1. The molecule has 7 heteroatoms. The number of piperidine rings is 1. The Kier molecular flexibility index (Phi) is 5.57. The van der Waals surface area contributed by atoms with Crippen LogP contribution in [0.15, 0.2) is 65.4 Å². The molecule has 1 saturated heterocycles. The Morgan fingerprint density at radius 2 is 1.82 bits per heavy atom. The first-order valence-electron chi connectivity index (χ1n) is 11.9. The van der Waals surface area contributed by atoms with E-state index >= 15 is 0 Å². The van der Waals surface area contributed by atoms with Crippen LogP contribution in [-0.4, -0.2) is 38.5 Å². The molecule has 0 saturated carbocycles. The maximum atomic E-state index is 13.7. The van der Waals surface area contributed by atoms with Gasteiger partial charge in [0, 0.05) is 25.0 Å². The lowest BCUT2D eigenvalue weighted by Gasteiger charge is -2.32. The van der Waals surface area contributed by atoms with E-state index in [2.05, 4.69) is 79.9 Å². The highest BCUT2D eigenvalue weighted by Crippen LogP contribution is 2.34. The number of aromatic nitrogens is 3. The second-order valence-electron chi connectivity index (χ2n) is 9.15. The summed E-state index contributed by atoms with van der Waals surface area (Å²) >= 11 is 3.53. The number of benzene rings is 2. The van der Waals surface area contributed by atoms with E-state index in [1.165, 1.54) is 16.7 Å². The molecule has 4 aromatic rings. The Morgan fingerprint density at radius 3 is 2.65 bits per heavy atom. The van der Waals surface area contributed by atoms with Crippen LogP contribution in [0.2, 0.25) is 0 Å². The molecule has 0 atom stereocenters. The number of carbonyl (C=O) groups is 1. The molecule has 2 aromatic carbocycles. The average Bonchev–Trinajstić information content (AvgIpc) is 3.52. The maximum Gasteiger partial charge on any atom is 0.259 e. The number of nitrogens with one attached hydrogen (secondary N) is 1. The molecule has 3 heterocycles. The quantitative estimate of drug-likeness (QED) is 0.376. The van der Waals surface area contributed by atoms with Crippen molar-refractivity contribution in [2.45, 2.75) is 38.0 Å². The molecule has 2 aromatic heterocycles. The molecule has 1 amide bonds. The lowest BCUT2D eigenvalue weighted by atomic mass is 9.89. The molecule has 0 unspecified atom stereocenters. The van der Waals surface area contributed by atoms with Gasteiger partial charge in [0.2, 0.25) is 0 Å². The van der Waals surface area contributed by atoms with Crippen molar-refractivity contribution < 1.29 is 4.79 Å². The van der Waals surface area contributed by atoms with Crippen molar-refractivity contribution in [1.82, 2.24) is 19.5 Å². The van der Waals surface area contributed by atoms with Crippen LogP contribution >= 0.6 is 15.9 Å². The van der Waals surface area contributed by atoms with E-state index in [-0.39, 0.29) is 5.91 Å². The normalized spacial score (nSPS) is 16.1. The van der Waals surface area contributed by atoms with Crippen molar-refractivity contribution in [2.75, 3.05) is 18.4 Å². The molecule has 6 rings (SSSR count). The van der Waals surface area contributed by atoms with Crippen LogP contribution in [0.3, 0.4) is 0 Å². The number of amides is 1. The highest BCUT2D eigenvalue weighted by Gasteiger charge is 2.28. The average molecular weight is 516 g/mol. The van der Waals surface area contributed by atoms with Crippen molar-refractivity contribution in [1.29, 1.82) is 0 Å². The second-order valence-corrected chi connectivity index (χ2v) is 10.0. The highest BCUT2D eigenvalue weighted by molar-refractivity contribution is 9.10. The van der Waals surface area contributed by atoms with Crippen LogP contribution in [0.5, 0.6) is 0 Å². The minimum absolute atomic E-state index is 0.00242. The van der Waals surface area contributed by atoms with Crippen molar-refractivity contribution >= 4 is 39.0 Å². The molecular weight excluding hydrogens is 490 g/mol. The molecule has 0 spiro atoms. The van der Waals surface area contributed by atoms with E-state index < -0.39 is 0 Å². The topological polar surface area (TPSA) is 62.5 Å². The van der Waals surface area contributed by atoms with E-state index in [1.807, 2.05) is 4.90 Å². The summed E-state index contributed by atoms with van der Waals surface area (Å²) < 4.78 is 2.54. The fraction of sp³-hybridized carbons (Fsp3) is 0.296. The summed E-state index contributed by atoms with van der Waals surface area (Å²) in [5, 5.41) is 8.10. The standard InChI is InChI=1S/C27H26BrN5O/c28-23-17-30-33-25(31-24-11-5-9-20-8-4-10-21(20)24)22(16-29-26(23)33)27(34)32-14-12-19(13-15-32)18-6-2-1-3-7-18/h1-3,5-7,9,11,16-17,19,31H,4,8,10,12-15H2. The summed E-state index contributed by atoms with van der Waals surface area (Å²) in [6.07, 6.45) is 8.66. The van der Waals surface area contributed by atoms with Gasteiger partial charge in [0.25, 0.3) is 5.91 Å². The first-order valence-corrected chi connectivity index (χ1v) is 12.7. The molecule has 2 aliphatic rings. The molecule has 6 nitrogen and oxygen atoms in total. The monoisotopic (exact) mass is 515 g/mol. The van der Waals surface area contributed by atoms with E-state index in [1.54, 1.807) is 16.9 Å². The Morgan fingerprint density at radius 1 is 1.00 bits per heavy atom. The Balaban J connectivity index is 1.32. The Hall–Kier alpha value is -3.19. The van der Waals surface area contributed by atoms with Gasteiger partial charge in [0.1, 0.15) is 11.4 Å². The first kappa shape index (κ1) is 21.4. The van der Waals surface area contributed by atoms with Gasteiger partial charge in [-0.1, -0.05) is 42.5 Å². The van der Waals surface area contributed by atoms with Crippen molar-refractivity contribution in [2.24, 2.45) is 0 Å². The third-order valence-electron chi connectivity index (χ3n) is 7.17. The van der Waals surface area contributed by atoms with Crippen LogP contribution in [0.4, 0.5) is 11.5 Å². The number of anilines is 2. The van der Waals surface area contributed by atoms with Gasteiger partial charge in [-0.3, -0.25) is 4.79 Å². The van der Waals surface area contributed by atoms with E-state index in [0.717, 1.165) is 55.4 Å². The number of aryl methyl sites for hydroxylation is 1. The Labute approximate surface area is 207 Å². The van der Waals surface area contributed by atoms with Crippen molar-refractivity contribution in [3.05, 3.63) is 87.7 Å². The van der Waals surface area contributed by atoms with Gasteiger partial charge < -0.3 is 10.2 Å². The van der Waals surface area contributed by atoms with Gasteiger partial charge in [-0.2, -0.15) is 9.61 Å². The molecule has 1 aliphatic carbocycles. The SMILES string of the molecule is O=C(c1cnc2c(Br)cnn2c1Nc1cccc2c1CCC2)N1CCC(c2ccccc2)CC1. The predicted octanol–water partition coefficient (Wildman–Crippen LogP) is 5.74. The Bertz CT molecular complexity index is 1360. The van der Waals surface area contributed by atoms with Crippen LogP contribution < -0.4 is 5.32 Å². The molecule has 34 heavy (non-hydrogen) atoms. The zero-order valence-electron chi connectivity index (χ0n) is 18.9. The summed E-state index contributed by atoms with van der Waals surface area (Å²) in [7, 11) is 0. The molecule has 0 radical (unpaired) electrons. The number of rotatable bonds is 4. The molecule has 0 bridgehead atoms. The third-order valence-corrected chi connectivity index (χ3v) is 7.73. The van der Waals surface area contributed by atoms with Gasteiger partial charge >= 0.3 is 0 Å². The number of hydrogen-bond acceptors (Lipinski definition) is 4. The molecule has 1 fully saturated rings.